The second-order valence-electron chi connectivity index (χ2n) is 4.71. The van der Waals surface area contributed by atoms with E-state index in [1.165, 1.54) is 12.8 Å². The van der Waals surface area contributed by atoms with E-state index in [9.17, 15) is 0 Å². The van der Waals surface area contributed by atoms with Gasteiger partial charge in [-0.15, -0.1) is 0 Å². The molecule has 4 rings (SSSR count). The maximum Gasteiger partial charge on any atom is -0.00691 e. The standard InChI is InChI=1S/C12H16/c1-7-8(2)12-10-5-3-9(4-6-10)11(7)12/h3,5,9-12H,4,6H2,1-2H3/t9-,10-,11-,12+/m0/s1. The third-order valence-electron chi connectivity index (χ3n) is 4.37. The van der Waals surface area contributed by atoms with Crippen molar-refractivity contribution in [1.29, 1.82) is 0 Å². The zero-order valence-corrected chi connectivity index (χ0v) is 7.88. The first-order valence-electron chi connectivity index (χ1n) is 5.14. The van der Waals surface area contributed by atoms with Crippen LogP contribution in [0.2, 0.25) is 0 Å². The molecular weight excluding hydrogens is 144 g/mol. The molecule has 4 atom stereocenters. The van der Waals surface area contributed by atoms with E-state index in [0.29, 0.717) is 0 Å². The van der Waals surface area contributed by atoms with Gasteiger partial charge in [0, 0.05) is 0 Å². The molecule has 64 valence electrons. The molecule has 0 heteroatoms. The molecule has 1 saturated carbocycles. The summed E-state index contributed by atoms with van der Waals surface area (Å²) < 4.78 is 0. The van der Waals surface area contributed by atoms with Gasteiger partial charge in [-0.3, -0.25) is 0 Å². The van der Waals surface area contributed by atoms with Crippen molar-refractivity contribution in [3.8, 4) is 0 Å². The lowest BCUT2D eigenvalue weighted by Crippen LogP contribution is -2.44. The molecule has 0 aromatic heterocycles. The van der Waals surface area contributed by atoms with Crippen LogP contribution >= 0.6 is 0 Å². The molecule has 2 bridgehead atoms. The van der Waals surface area contributed by atoms with E-state index in [-0.39, 0.29) is 0 Å². The van der Waals surface area contributed by atoms with Crippen LogP contribution in [-0.4, -0.2) is 0 Å². The smallest absolute Gasteiger partial charge is 0.00691 e. The number of hydrogen-bond donors (Lipinski definition) is 0. The molecule has 0 heterocycles. The fraction of sp³-hybridized carbons (Fsp3) is 0.667. The van der Waals surface area contributed by atoms with Crippen molar-refractivity contribution in [2.24, 2.45) is 23.7 Å². The van der Waals surface area contributed by atoms with Crippen molar-refractivity contribution in [1.82, 2.24) is 0 Å². The Balaban J connectivity index is 2.05. The van der Waals surface area contributed by atoms with E-state index < -0.39 is 0 Å². The molecule has 0 spiro atoms. The van der Waals surface area contributed by atoms with Gasteiger partial charge in [0.25, 0.3) is 0 Å². The third-order valence-corrected chi connectivity index (χ3v) is 4.37. The molecule has 0 aliphatic heterocycles. The number of fused-ring (bicyclic) bond motifs is 1. The molecule has 12 heavy (non-hydrogen) atoms. The van der Waals surface area contributed by atoms with E-state index in [1.54, 1.807) is 11.1 Å². The summed E-state index contributed by atoms with van der Waals surface area (Å²) >= 11 is 0. The Morgan fingerprint density at radius 2 is 1.33 bits per heavy atom. The van der Waals surface area contributed by atoms with Crippen molar-refractivity contribution in [3.05, 3.63) is 23.3 Å². The summed E-state index contributed by atoms with van der Waals surface area (Å²) in [6.45, 7) is 4.68. The average molecular weight is 160 g/mol. The van der Waals surface area contributed by atoms with Crippen LogP contribution < -0.4 is 0 Å². The normalized spacial score (nSPS) is 49.2. The first-order valence-corrected chi connectivity index (χ1v) is 5.14. The van der Waals surface area contributed by atoms with Crippen molar-refractivity contribution in [2.45, 2.75) is 26.7 Å². The van der Waals surface area contributed by atoms with Gasteiger partial charge in [-0.2, -0.15) is 0 Å². The molecular formula is C12H16. The predicted octanol–water partition coefficient (Wildman–Crippen LogP) is 3.16. The van der Waals surface area contributed by atoms with Crippen molar-refractivity contribution in [3.63, 3.8) is 0 Å². The number of rotatable bonds is 0. The third kappa shape index (κ3) is 0.608. The topological polar surface area (TPSA) is 0 Å². The Hall–Kier alpha value is -0.520. The Morgan fingerprint density at radius 1 is 0.917 bits per heavy atom. The number of allylic oxidation sites excluding steroid dienone is 4. The van der Waals surface area contributed by atoms with Gasteiger partial charge in [0.1, 0.15) is 0 Å². The fourth-order valence-corrected chi connectivity index (χ4v) is 3.60. The molecule has 1 fully saturated rings. The molecule has 0 saturated heterocycles. The van der Waals surface area contributed by atoms with Gasteiger partial charge in [-0.05, 0) is 50.4 Å². The fourth-order valence-electron chi connectivity index (χ4n) is 3.60. The lowest BCUT2D eigenvalue weighted by Gasteiger charge is -2.53. The van der Waals surface area contributed by atoms with Crippen LogP contribution in [0.1, 0.15) is 26.7 Å². The van der Waals surface area contributed by atoms with Crippen LogP contribution in [0.5, 0.6) is 0 Å². The van der Waals surface area contributed by atoms with E-state index in [0.717, 1.165) is 23.7 Å². The van der Waals surface area contributed by atoms with Gasteiger partial charge in [0.15, 0.2) is 0 Å². The van der Waals surface area contributed by atoms with Gasteiger partial charge < -0.3 is 0 Å². The lowest BCUT2D eigenvalue weighted by atomic mass is 9.51. The molecule has 4 aliphatic carbocycles. The summed E-state index contributed by atoms with van der Waals surface area (Å²) in [5.74, 6) is 3.72. The SMILES string of the molecule is CC1=C(C)[C@H]2[C@@H]1[C@H]1C=C[C@H]2CC1. The highest BCUT2D eigenvalue weighted by atomic mass is 14.5. The lowest BCUT2D eigenvalue weighted by molar-refractivity contribution is 0.143. The Labute approximate surface area is 74.4 Å². The monoisotopic (exact) mass is 160 g/mol. The van der Waals surface area contributed by atoms with Crippen LogP contribution in [0, 0.1) is 23.7 Å². The van der Waals surface area contributed by atoms with Crippen LogP contribution in [0.4, 0.5) is 0 Å². The zero-order valence-electron chi connectivity index (χ0n) is 7.88. The molecule has 0 unspecified atom stereocenters. The Bertz CT molecular complexity index is 254. The highest BCUT2D eigenvalue weighted by molar-refractivity contribution is 5.37. The summed E-state index contributed by atoms with van der Waals surface area (Å²) in [4.78, 5) is 0. The van der Waals surface area contributed by atoms with E-state index >= 15 is 0 Å². The van der Waals surface area contributed by atoms with Gasteiger partial charge in [0.05, 0.1) is 0 Å². The van der Waals surface area contributed by atoms with Crippen LogP contribution in [0.15, 0.2) is 23.3 Å². The molecule has 0 amide bonds. The van der Waals surface area contributed by atoms with Crippen LogP contribution in [-0.2, 0) is 0 Å². The van der Waals surface area contributed by atoms with Crippen LogP contribution in [0.3, 0.4) is 0 Å². The quantitative estimate of drug-likeness (QED) is 0.477. The highest BCUT2D eigenvalue weighted by Crippen LogP contribution is 2.57. The maximum atomic E-state index is 2.48. The van der Waals surface area contributed by atoms with E-state index in [2.05, 4.69) is 26.0 Å². The predicted molar refractivity (Wildman–Crippen MR) is 50.7 cm³/mol. The molecule has 0 nitrogen and oxygen atoms in total. The Morgan fingerprint density at radius 3 is 1.67 bits per heavy atom. The molecule has 0 N–H and O–H groups in total. The van der Waals surface area contributed by atoms with Crippen LogP contribution in [0.25, 0.3) is 0 Å². The molecule has 4 aliphatic rings. The van der Waals surface area contributed by atoms with Gasteiger partial charge in [-0.1, -0.05) is 23.3 Å². The van der Waals surface area contributed by atoms with E-state index in [1.807, 2.05) is 0 Å². The second kappa shape index (κ2) is 2.04. The van der Waals surface area contributed by atoms with Gasteiger partial charge >= 0.3 is 0 Å². The molecule has 0 aromatic carbocycles. The highest BCUT2D eigenvalue weighted by Gasteiger charge is 2.48. The largest absolute Gasteiger partial charge is 0.0845 e. The Kier molecular flexibility index (Phi) is 1.18. The first kappa shape index (κ1) is 6.94. The minimum atomic E-state index is 0.906. The summed E-state index contributed by atoms with van der Waals surface area (Å²) in [6, 6.07) is 0. The van der Waals surface area contributed by atoms with E-state index in [4.69, 9.17) is 0 Å². The minimum absolute atomic E-state index is 0.906. The summed E-state index contributed by atoms with van der Waals surface area (Å²) in [5, 5.41) is 0. The summed E-state index contributed by atoms with van der Waals surface area (Å²) in [6.07, 6.45) is 7.86. The van der Waals surface area contributed by atoms with Gasteiger partial charge in [0.2, 0.25) is 0 Å². The minimum Gasteiger partial charge on any atom is -0.0845 e. The number of hydrogen-bond acceptors (Lipinski definition) is 0. The van der Waals surface area contributed by atoms with Crippen molar-refractivity contribution < 1.29 is 0 Å². The zero-order chi connectivity index (χ0) is 8.29. The molecule has 0 radical (unpaired) electrons. The molecule has 0 aromatic rings. The summed E-state index contributed by atoms with van der Waals surface area (Å²) in [5.41, 5.74) is 3.41. The van der Waals surface area contributed by atoms with Crippen molar-refractivity contribution in [2.75, 3.05) is 0 Å². The maximum absolute atomic E-state index is 2.48. The second-order valence-corrected chi connectivity index (χ2v) is 4.71. The first-order chi connectivity index (χ1) is 5.79. The average Bonchev–Trinajstić information content (AvgIpc) is 2.17. The van der Waals surface area contributed by atoms with Gasteiger partial charge in [-0.25, -0.2) is 0 Å². The van der Waals surface area contributed by atoms with Crippen molar-refractivity contribution >= 4 is 0 Å². The summed E-state index contributed by atoms with van der Waals surface area (Å²) in [7, 11) is 0.